The van der Waals surface area contributed by atoms with E-state index in [0.717, 1.165) is 23.0 Å². The van der Waals surface area contributed by atoms with Gasteiger partial charge in [-0.1, -0.05) is 30.2 Å². The van der Waals surface area contributed by atoms with E-state index in [2.05, 4.69) is 4.90 Å². The van der Waals surface area contributed by atoms with E-state index in [4.69, 9.17) is 11.6 Å². The van der Waals surface area contributed by atoms with Crippen LogP contribution in [0.5, 0.6) is 0 Å². The first-order chi connectivity index (χ1) is 9.60. The van der Waals surface area contributed by atoms with Crippen LogP contribution in [0.3, 0.4) is 0 Å². The third-order valence-electron chi connectivity index (χ3n) is 4.65. The Hall–Kier alpha value is -0.670. The molecule has 1 atom stereocenters. The van der Waals surface area contributed by atoms with Crippen LogP contribution < -0.4 is 0 Å². The molecule has 108 valence electrons. The monoisotopic (exact) mass is 309 g/mol. The zero-order chi connectivity index (χ0) is 14.2. The average Bonchev–Trinajstić information content (AvgIpc) is 2.86. The van der Waals surface area contributed by atoms with Gasteiger partial charge in [-0.25, -0.2) is 0 Å². The number of carbonyl (C=O) groups is 1. The molecule has 1 aliphatic carbocycles. The number of rotatable bonds is 3. The molecule has 0 aromatic heterocycles. The third-order valence-corrected chi connectivity index (χ3v) is 6.26. The predicted octanol–water partition coefficient (Wildman–Crippen LogP) is 4.22. The first-order valence-electron chi connectivity index (χ1n) is 7.30. The topological polar surface area (TPSA) is 20.3 Å². The van der Waals surface area contributed by atoms with Crippen molar-refractivity contribution in [2.24, 2.45) is 5.41 Å². The van der Waals surface area contributed by atoms with E-state index < -0.39 is 0 Å². The maximum absolute atomic E-state index is 12.6. The van der Waals surface area contributed by atoms with Crippen molar-refractivity contribution < 1.29 is 4.79 Å². The summed E-state index contributed by atoms with van der Waals surface area (Å²) in [6.07, 6.45) is 5.15. The van der Waals surface area contributed by atoms with Crippen LogP contribution in [0, 0.1) is 5.41 Å². The van der Waals surface area contributed by atoms with E-state index in [9.17, 15) is 4.79 Å². The van der Waals surface area contributed by atoms with Gasteiger partial charge in [0.1, 0.15) is 0 Å². The largest absolute Gasteiger partial charge is 0.341 e. The molecule has 1 aliphatic heterocycles. The number of likely N-dealkylation sites (tertiary alicyclic amines) is 1. The lowest BCUT2D eigenvalue weighted by atomic mass is 9.68. The quantitative estimate of drug-likeness (QED) is 0.779. The third kappa shape index (κ3) is 2.71. The van der Waals surface area contributed by atoms with Gasteiger partial charge in [0, 0.05) is 18.0 Å². The second-order valence-corrected chi connectivity index (χ2v) is 7.84. The van der Waals surface area contributed by atoms with Gasteiger partial charge in [-0.05, 0) is 43.7 Å². The lowest BCUT2D eigenvalue weighted by Gasteiger charge is -2.38. The number of thioether (sulfide) groups is 1. The predicted molar refractivity (Wildman–Crippen MR) is 84.3 cm³/mol. The summed E-state index contributed by atoms with van der Waals surface area (Å²) in [6.45, 7) is 3.90. The molecular weight excluding hydrogens is 290 g/mol. The smallest absolute Gasteiger partial charge is 0.235 e. The molecule has 0 radical (unpaired) electrons. The van der Waals surface area contributed by atoms with E-state index in [1.165, 1.54) is 25.7 Å². The SMILES string of the molecule is C[C@H](Sc1ccccc1Cl)C(=O)N1CCC2(CCC2)C1. The Balaban J connectivity index is 1.61. The van der Waals surface area contributed by atoms with Crippen LogP contribution in [0.4, 0.5) is 0 Å². The van der Waals surface area contributed by atoms with Gasteiger partial charge in [0.25, 0.3) is 0 Å². The number of hydrogen-bond donors (Lipinski definition) is 0. The molecule has 1 amide bonds. The van der Waals surface area contributed by atoms with Crippen LogP contribution in [0.2, 0.25) is 5.02 Å². The summed E-state index contributed by atoms with van der Waals surface area (Å²) in [6, 6.07) is 7.73. The van der Waals surface area contributed by atoms with Crippen LogP contribution in [0.15, 0.2) is 29.2 Å². The van der Waals surface area contributed by atoms with E-state index >= 15 is 0 Å². The molecular formula is C16H20ClNOS. The minimum Gasteiger partial charge on any atom is -0.341 e. The number of nitrogens with zero attached hydrogens (tertiary/aromatic N) is 1. The summed E-state index contributed by atoms with van der Waals surface area (Å²) in [5.41, 5.74) is 0.477. The van der Waals surface area contributed by atoms with Gasteiger partial charge in [0.05, 0.1) is 10.3 Å². The molecule has 3 rings (SSSR count). The summed E-state index contributed by atoms with van der Waals surface area (Å²) in [5, 5.41) is 0.666. The van der Waals surface area contributed by atoms with Gasteiger partial charge >= 0.3 is 0 Å². The highest BCUT2D eigenvalue weighted by Crippen LogP contribution is 2.48. The molecule has 1 heterocycles. The lowest BCUT2D eigenvalue weighted by Crippen LogP contribution is -2.38. The second-order valence-electron chi connectivity index (χ2n) is 6.05. The average molecular weight is 310 g/mol. The van der Waals surface area contributed by atoms with Gasteiger partial charge in [0.15, 0.2) is 0 Å². The highest BCUT2D eigenvalue weighted by molar-refractivity contribution is 8.00. The Morgan fingerprint density at radius 1 is 1.35 bits per heavy atom. The molecule has 4 heteroatoms. The Morgan fingerprint density at radius 3 is 2.70 bits per heavy atom. The maximum Gasteiger partial charge on any atom is 0.235 e. The molecule has 0 bridgehead atoms. The molecule has 2 aliphatic rings. The Labute approximate surface area is 129 Å². The van der Waals surface area contributed by atoms with Gasteiger partial charge in [-0.2, -0.15) is 0 Å². The van der Waals surface area contributed by atoms with Crippen molar-refractivity contribution in [2.45, 2.75) is 42.8 Å². The number of benzene rings is 1. The minimum absolute atomic E-state index is 0.0647. The fourth-order valence-corrected chi connectivity index (χ4v) is 4.48. The van der Waals surface area contributed by atoms with Crippen molar-refractivity contribution in [1.82, 2.24) is 4.90 Å². The van der Waals surface area contributed by atoms with Crippen LogP contribution in [0.25, 0.3) is 0 Å². The van der Waals surface area contributed by atoms with Crippen LogP contribution in [-0.2, 0) is 4.79 Å². The van der Waals surface area contributed by atoms with E-state index in [0.29, 0.717) is 5.41 Å². The first-order valence-corrected chi connectivity index (χ1v) is 8.55. The number of hydrogen-bond acceptors (Lipinski definition) is 2. The van der Waals surface area contributed by atoms with Crippen LogP contribution >= 0.6 is 23.4 Å². The van der Waals surface area contributed by atoms with E-state index in [1.807, 2.05) is 31.2 Å². The van der Waals surface area contributed by atoms with E-state index in [1.54, 1.807) is 11.8 Å². The zero-order valence-electron chi connectivity index (χ0n) is 11.8. The number of amides is 1. The zero-order valence-corrected chi connectivity index (χ0v) is 13.3. The number of carbonyl (C=O) groups excluding carboxylic acids is 1. The Morgan fingerprint density at radius 2 is 2.10 bits per heavy atom. The van der Waals surface area contributed by atoms with Crippen molar-refractivity contribution in [1.29, 1.82) is 0 Å². The summed E-state index contributed by atoms with van der Waals surface area (Å²) in [5.74, 6) is 0.263. The molecule has 2 nitrogen and oxygen atoms in total. The Bertz CT molecular complexity index is 515. The molecule has 1 spiro atoms. The molecule has 1 aromatic rings. The van der Waals surface area contributed by atoms with E-state index in [-0.39, 0.29) is 11.2 Å². The van der Waals surface area contributed by atoms with Crippen molar-refractivity contribution >= 4 is 29.3 Å². The fourth-order valence-electron chi connectivity index (χ4n) is 3.25. The van der Waals surface area contributed by atoms with Crippen molar-refractivity contribution in [2.75, 3.05) is 13.1 Å². The highest BCUT2D eigenvalue weighted by Gasteiger charge is 2.44. The van der Waals surface area contributed by atoms with Crippen molar-refractivity contribution in [3.63, 3.8) is 0 Å². The molecule has 20 heavy (non-hydrogen) atoms. The van der Waals surface area contributed by atoms with Crippen LogP contribution in [-0.4, -0.2) is 29.1 Å². The standard InChI is InChI=1S/C16H20ClNOS/c1-12(20-14-6-3-2-5-13(14)17)15(19)18-10-9-16(11-18)7-4-8-16/h2-3,5-6,12H,4,7-11H2,1H3/t12-/m0/s1. The molecule has 1 saturated heterocycles. The molecule has 0 unspecified atom stereocenters. The normalized spacial score (nSPS) is 21.8. The maximum atomic E-state index is 12.6. The summed E-state index contributed by atoms with van der Waals surface area (Å²) in [7, 11) is 0. The fraction of sp³-hybridized carbons (Fsp3) is 0.562. The summed E-state index contributed by atoms with van der Waals surface area (Å²) in [4.78, 5) is 15.6. The summed E-state index contributed by atoms with van der Waals surface area (Å²) < 4.78 is 0. The summed E-state index contributed by atoms with van der Waals surface area (Å²) >= 11 is 7.73. The molecule has 0 N–H and O–H groups in total. The van der Waals surface area contributed by atoms with Gasteiger partial charge < -0.3 is 4.90 Å². The van der Waals surface area contributed by atoms with Gasteiger partial charge in [0.2, 0.25) is 5.91 Å². The second kappa shape index (κ2) is 5.61. The van der Waals surface area contributed by atoms with Gasteiger partial charge in [-0.15, -0.1) is 11.8 Å². The van der Waals surface area contributed by atoms with Gasteiger partial charge in [-0.3, -0.25) is 4.79 Å². The molecule has 1 aromatic carbocycles. The first kappa shape index (κ1) is 14.3. The van der Waals surface area contributed by atoms with Crippen molar-refractivity contribution in [3.05, 3.63) is 29.3 Å². The highest BCUT2D eigenvalue weighted by atomic mass is 35.5. The van der Waals surface area contributed by atoms with Crippen molar-refractivity contribution in [3.8, 4) is 0 Å². The lowest BCUT2D eigenvalue weighted by molar-refractivity contribution is -0.129. The van der Waals surface area contributed by atoms with Crippen LogP contribution in [0.1, 0.15) is 32.6 Å². The number of halogens is 1. The molecule has 2 fully saturated rings. The minimum atomic E-state index is -0.0647. The molecule has 1 saturated carbocycles. The Kier molecular flexibility index (Phi) is 4.00.